The molecule has 1 N–H and O–H groups in total. The van der Waals surface area contributed by atoms with Gasteiger partial charge in [-0.15, -0.1) is 0 Å². The van der Waals surface area contributed by atoms with Crippen LogP contribution >= 0.6 is 24.0 Å². The van der Waals surface area contributed by atoms with Crippen LogP contribution in [0.2, 0.25) is 0 Å². The molecule has 0 saturated carbocycles. The maximum absolute atomic E-state index is 13.3. The molecule has 1 fully saturated rings. The zero-order valence-electron chi connectivity index (χ0n) is 22.1. The highest BCUT2D eigenvalue weighted by Gasteiger charge is 2.37. The Balaban J connectivity index is 1.47. The first kappa shape index (κ1) is 31.9. The zero-order chi connectivity index (χ0) is 31.5. The van der Waals surface area contributed by atoms with E-state index in [2.05, 4.69) is 0 Å². The zero-order valence-corrected chi connectivity index (χ0v) is 23.7. The number of benzene rings is 3. The lowest BCUT2D eigenvalue weighted by Crippen LogP contribution is -2.29. The number of methoxy groups -OCH3 is 1. The van der Waals surface area contributed by atoms with Crippen molar-refractivity contribution in [1.82, 2.24) is 4.90 Å². The number of aromatic carboxylic acids is 1. The highest BCUT2D eigenvalue weighted by molar-refractivity contribution is 8.26. The molecule has 0 radical (unpaired) electrons. The Morgan fingerprint density at radius 1 is 0.953 bits per heavy atom. The summed E-state index contributed by atoms with van der Waals surface area (Å²) in [4.78, 5) is 25.8. The maximum Gasteiger partial charge on any atom is 0.416 e. The van der Waals surface area contributed by atoms with Crippen LogP contribution in [0.5, 0.6) is 11.5 Å². The molecule has 1 saturated heterocycles. The number of alkyl halides is 6. The van der Waals surface area contributed by atoms with Gasteiger partial charge in [0.15, 0.2) is 11.5 Å². The highest BCUT2D eigenvalue weighted by Crippen LogP contribution is 2.39. The Kier molecular flexibility index (Phi) is 9.40. The van der Waals surface area contributed by atoms with Crippen LogP contribution in [-0.4, -0.2) is 46.5 Å². The Morgan fingerprint density at radius 2 is 1.63 bits per heavy atom. The second-order valence-electron chi connectivity index (χ2n) is 9.13. The van der Waals surface area contributed by atoms with E-state index < -0.39 is 35.4 Å². The molecule has 4 rings (SSSR count). The molecule has 3 aromatic rings. The van der Waals surface area contributed by atoms with E-state index in [0.29, 0.717) is 29.9 Å². The van der Waals surface area contributed by atoms with Crippen LogP contribution in [0.25, 0.3) is 17.2 Å². The summed E-state index contributed by atoms with van der Waals surface area (Å²) in [7, 11) is 1.37. The van der Waals surface area contributed by atoms with Crippen molar-refractivity contribution < 1.29 is 50.5 Å². The number of carbonyl (C=O) groups is 2. The van der Waals surface area contributed by atoms with Gasteiger partial charge in [0.2, 0.25) is 0 Å². The lowest BCUT2D eigenvalue weighted by Gasteiger charge is -2.15. The number of thioether (sulfide) groups is 1. The summed E-state index contributed by atoms with van der Waals surface area (Å²) < 4.78 is 91.0. The first-order valence-electron chi connectivity index (χ1n) is 12.4. The third-order valence-electron chi connectivity index (χ3n) is 6.17. The Bertz CT molecular complexity index is 1570. The van der Waals surface area contributed by atoms with Crippen molar-refractivity contribution in [3.63, 3.8) is 0 Å². The van der Waals surface area contributed by atoms with Crippen molar-refractivity contribution in [2.45, 2.75) is 18.8 Å². The van der Waals surface area contributed by atoms with Crippen molar-refractivity contribution in [2.24, 2.45) is 0 Å². The van der Waals surface area contributed by atoms with Gasteiger partial charge in [0.25, 0.3) is 5.91 Å². The summed E-state index contributed by atoms with van der Waals surface area (Å²) in [6, 6.07) is 11.3. The molecule has 1 amide bonds. The van der Waals surface area contributed by atoms with Crippen LogP contribution in [0.3, 0.4) is 0 Å². The maximum atomic E-state index is 13.3. The monoisotopic (exact) mass is 641 g/mol. The average molecular weight is 642 g/mol. The van der Waals surface area contributed by atoms with E-state index in [0.717, 1.165) is 11.8 Å². The molecule has 43 heavy (non-hydrogen) atoms. The molecule has 0 atom stereocenters. The van der Waals surface area contributed by atoms with Crippen molar-refractivity contribution in [3.8, 4) is 22.6 Å². The average Bonchev–Trinajstić information content (AvgIpc) is 3.21. The molecule has 3 aromatic carbocycles. The first-order chi connectivity index (χ1) is 20.2. The molecule has 1 aliphatic heterocycles. The highest BCUT2D eigenvalue weighted by atomic mass is 32.2. The van der Waals surface area contributed by atoms with Crippen LogP contribution in [0.1, 0.15) is 33.5 Å². The molecular weight excluding hydrogens is 620 g/mol. The van der Waals surface area contributed by atoms with E-state index in [-0.39, 0.29) is 50.9 Å². The lowest BCUT2D eigenvalue weighted by atomic mass is 9.97. The SMILES string of the molecule is COc1cc(C(=O)O)ccc1OCCCN1C(=O)/C(=C/c2cccc(-c3cc(C(F)(F)F)cc(C(F)(F)F)c3)c2)SC1=S. The molecular formula is C29H21F6NO5S2. The second kappa shape index (κ2) is 12.7. The Labute approximate surface area is 250 Å². The van der Waals surface area contributed by atoms with E-state index in [4.69, 9.17) is 26.8 Å². The number of amides is 1. The number of carboxylic acid groups (broad SMARTS) is 1. The van der Waals surface area contributed by atoms with Gasteiger partial charge in [-0.3, -0.25) is 9.69 Å². The summed E-state index contributed by atoms with van der Waals surface area (Å²) in [6.45, 7) is 0.347. The molecule has 0 spiro atoms. The predicted octanol–water partition coefficient (Wildman–Crippen LogP) is 7.77. The van der Waals surface area contributed by atoms with E-state index in [1.807, 2.05) is 0 Å². The lowest BCUT2D eigenvalue weighted by molar-refractivity contribution is -0.143. The summed E-state index contributed by atoms with van der Waals surface area (Å²) >= 11 is 6.34. The summed E-state index contributed by atoms with van der Waals surface area (Å²) in [5.74, 6) is -0.983. The summed E-state index contributed by atoms with van der Waals surface area (Å²) in [5.41, 5.74) is -2.63. The smallest absolute Gasteiger partial charge is 0.416 e. The largest absolute Gasteiger partial charge is 0.493 e. The number of rotatable bonds is 9. The molecule has 1 heterocycles. The third kappa shape index (κ3) is 7.68. The van der Waals surface area contributed by atoms with Gasteiger partial charge in [-0.1, -0.05) is 42.2 Å². The minimum atomic E-state index is -4.98. The van der Waals surface area contributed by atoms with Gasteiger partial charge < -0.3 is 14.6 Å². The van der Waals surface area contributed by atoms with Gasteiger partial charge in [0.1, 0.15) is 4.32 Å². The summed E-state index contributed by atoms with van der Waals surface area (Å²) in [5, 5.41) is 9.11. The number of carbonyl (C=O) groups excluding carboxylic acids is 1. The number of halogens is 6. The van der Waals surface area contributed by atoms with E-state index >= 15 is 0 Å². The predicted molar refractivity (Wildman–Crippen MR) is 152 cm³/mol. The van der Waals surface area contributed by atoms with E-state index in [1.54, 1.807) is 6.07 Å². The van der Waals surface area contributed by atoms with Crippen LogP contribution in [-0.2, 0) is 17.1 Å². The van der Waals surface area contributed by atoms with E-state index in [1.165, 1.54) is 54.5 Å². The van der Waals surface area contributed by atoms with Crippen molar-refractivity contribution >= 4 is 46.3 Å². The van der Waals surface area contributed by atoms with Crippen molar-refractivity contribution in [1.29, 1.82) is 0 Å². The Morgan fingerprint density at radius 3 is 2.23 bits per heavy atom. The van der Waals surface area contributed by atoms with Crippen LogP contribution in [0, 0.1) is 0 Å². The molecule has 0 aliphatic carbocycles. The molecule has 1 aliphatic rings. The van der Waals surface area contributed by atoms with Crippen LogP contribution in [0.4, 0.5) is 26.3 Å². The topological polar surface area (TPSA) is 76.1 Å². The molecule has 0 unspecified atom stereocenters. The number of carboxylic acids is 1. The van der Waals surface area contributed by atoms with Gasteiger partial charge in [-0.2, -0.15) is 26.3 Å². The van der Waals surface area contributed by atoms with Crippen molar-refractivity contribution in [2.75, 3.05) is 20.3 Å². The van der Waals surface area contributed by atoms with E-state index in [9.17, 15) is 35.9 Å². The third-order valence-corrected chi connectivity index (χ3v) is 7.55. The van der Waals surface area contributed by atoms with Crippen LogP contribution < -0.4 is 9.47 Å². The van der Waals surface area contributed by atoms with Gasteiger partial charge in [-0.05, 0) is 71.7 Å². The summed E-state index contributed by atoms with van der Waals surface area (Å²) in [6.07, 6.45) is -8.14. The number of ether oxygens (including phenoxy) is 2. The molecule has 0 bridgehead atoms. The molecule has 226 valence electrons. The normalized spacial score (nSPS) is 14.9. The standard InChI is InChI=1S/C29H21F6NO5S2/c1-40-23-14-18(26(38)39)6-7-22(23)41-9-3-8-36-25(37)24(43-27(36)42)11-16-4-2-5-17(10-16)19-12-20(28(30,31)32)15-21(13-19)29(33,34)35/h2,4-7,10-15H,3,8-9H2,1H3,(H,38,39)/b24-11-. The van der Waals surface area contributed by atoms with Crippen LogP contribution in [0.15, 0.2) is 65.6 Å². The number of thiocarbonyl (C=S) groups is 1. The van der Waals surface area contributed by atoms with Gasteiger partial charge in [0.05, 0.1) is 35.3 Å². The fourth-order valence-electron chi connectivity index (χ4n) is 4.10. The fourth-order valence-corrected chi connectivity index (χ4v) is 5.41. The minimum Gasteiger partial charge on any atom is -0.493 e. The minimum absolute atomic E-state index is 0.0278. The first-order valence-corrected chi connectivity index (χ1v) is 13.6. The Hall–Kier alpha value is -4.04. The van der Waals surface area contributed by atoms with Gasteiger partial charge in [-0.25, -0.2) is 4.79 Å². The van der Waals surface area contributed by atoms with Gasteiger partial charge in [0, 0.05) is 6.54 Å². The fraction of sp³-hybridized carbons (Fsp3) is 0.207. The van der Waals surface area contributed by atoms with Crippen molar-refractivity contribution in [3.05, 3.63) is 87.8 Å². The number of hydrogen-bond donors (Lipinski definition) is 1. The quantitative estimate of drug-likeness (QED) is 0.111. The second-order valence-corrected chi connectivity index (χ2v) is 10.8. The number of nitrogens with zero attached hydrogens (tertiary/aromatic N) is 1. The number of hydrogen-bond acceptors (Lipinski definition) is 6. The molecule has 0 aromatic heterocycles. The molecule has 6 nitrogen and oxygen atoms in total. The molecule has 14 heteroatoms. The van der Waals surface area contributed by atoms with Gasteiger partial charge >= 0.3 is 18.3 Å².